The molecule has 0 aromatic heterocycles. The van der Waals surface area contributed by atoms with Gasteiger partial charge in [-0.05, 0) is 54.8 Å². The van der Waals surface area contributed by atoms with Gasteiger partial charge in [-0.15, -0.1) is 0 Å². The summed E-state index contributed by atoms with van der Waals surface area (Å²) in [6.45, 7) is 0.893. The number of piperidine rings is 1. The molecule has 2 N–H and O–H groups in total. The van der Waals surface area contributed by atoms with E-state index in [1.165, 1.54) is 28.6 Å². The summed E-state index contributed by atoms with van der Waals surface area (Å²) in [6, 6.07) is 10.1. The highest BCUT2D eigenvalue weighted by Gasteiger charge is 2.27. The average Bonchev–Trinajstić information content (AvgIpc) is 2.74. The Labute approximate surface area is 186 Å². The van der Waals surface area contributed by atoms with E-state index >= 15 is 0 Å². The van der Waals surface area contributed by atoms with Crippen molar-refractivity contribution in [3.05, 3.63) is 59.1 Å². The Kier molecular flexibility index (Phi) is 7.38. The molecule has 1 heterocycles. The van der Waals surface area contributed by atoms with Crippen LogP contribution in [0.25, 0.3) is 0 Å². The highest BCUT2D eigenvalue weighted by Crippen LogP contribution is 2.25. The fraction of sp³-hybridized carbons (Fsp3) is 0.350. The standard InChI is InChI=1S/C20H23ClN2O6S2/c21-16-6-4-15(5-7-16)19(14-20(24)25)22-30(26,27)17-8-10-18(11-9-17)31(28,29)23-12-2-1-3-13-23/h4-11,19,22H,1-3,12-14H2,(H,24,25). The molecule has 1 aliphatic heterocycles. The second-order valence-corrected chi connectivity index (χ2v) is 11.3. The number of nitrogens with one attached hydrogen (secondary N) is 1. The number of halogens is 1. The first-order chi connectivity index (χ1) is 14.6. The van der Waals surface area contributed by atoms with Crippen LogP contribution in [-0.4, -0.2) is 45.3 Å². The lowest BCUT2D eigenvalue weighted by Crippen LogP contribution is -2.35. The third-order valence-corrected chi connectivity index (χ3v) is 8.69. The molecule has 1 aliphatic rings. The van der Waals surface area contributed by atoms with E-state index < -0.39 is 38.5 Å². The molecule has 0 bridgehead atoms. The third-order valence-electron chi connectivity index (χ3n) is 5.04. The van der Waals surface area contributed by atoms with Gasteiger partial charge in [0, 0.05) is 18.1 Å². The second-order valence-electron chi connectivity index (χ2n) is 7.26. The molecule has 168 valence electrons. The maximum Gasteiger partial charge on any atom is 0.305 e. The second kappa shape index (κ2) is 9.66. The van der Waals surface area contributed by atoms with E-state index in [4.69, 9.17) is 11.6 Å². The summed E-state index contributed by atoms with van der Waals surface area (Å²) in [5.41, 5.74) is 0.444. The van der Waals surface area contributed by atoms with Crippen molar-refractivity contribution in [1.29, 1.82) is 0 Å². The van der Waals surface area contributed by atoms with Gasteiger partial charge >= 0.3 is 5.97 Å². The highest BCUT2D eigenvalue weighted by atomic mass is 35.5. The Morgan fingerprint density at radius 3 is 2.03 bits per heavy atom. The van der Waals surface area contributed by atoms with Gasteiger partial charge in [-0.3, -0.25) is 4.79 Å². The van der Waals surface area contributed by atoms with Crippen LogP contribution in [0.15, 0.2) is 58.3 Å². The predicted molar refractivity (Wildman–Crippen MR) is 116 cm³/mol. The number of benzene rings is 2. The lowest BCUT2D eigenvalue weighted by atomic mass is 10.1. The number of rotatable bonds is 8. The first-order valence-electron chi connectivity index (χ1n) is 9.69. The SMILES string of the molecule is O=C(O)CC(NS(=O)(=O)c1ccc(S(=O)(=O)N2CCCCC2)cc1)c1ccc(Cl)cc1. The first kappa shape index (κ1) is 23.7. The molecule has 0 saturated carbocycles. The van der Waals surface area contributed by atoms with Gasteiger partial charge in [0.2, 0.25) is 20.0 Å². The summed E-state index contributed by atoms with van der Waals surface area (Å²) < 4.78 is 55.0. The van der Waals surface area contributed by atoms with E-state index in [0.29, 0.717) is 23.7 Å². The predicted octanol–water partition coefficient (Wildman–Crippen LogP) is 3.01. The molecule has 1 atom stereocenters. The van der Waals surface area contributed by atoms with E-state index in [1.54, 1.807) is 24.3 Å². The van der Waals surface area contributed by atoms with E-state index in [-0.39, 0.29) is 9.79 Å². The van der Waals surface area contributed by atoms with Gasteiger partial charge in [-0.2, -0.15) is 4.31 Å². The minimum absolute atomic E-state index is 0.0214. The Hall–Kier alpha value is -1.98. The van der Waals surface area contributed by atoms with Crippen LogP contribution in [-0.2, 0) is 24.8 Å². The topological polar surface area (TPSA) is 121 Å². The fourth-order valence-corrected chi connectivity index (χ4v) is 6.27. The van der Waals surface area contributed by atoms with Crippen LogP contribution in [0.4, 0.5) is 0 Å². The molecule has 1 saturated heterocycles. The molecule has 1 unspecified atom stereocenters. The number of sulfonamides is 2. The zero-order valence-corrected chi connectivity index (χ0v) is 19.0. The van der Waals surface area contributed by atoms with Gasteiger partial charge < -0.3 is 5.11 Å². The normalized spacial score (nSPS) is 16.7. The third kappa shape index (κ3) is 5.83. The van der Waals surface area contributed by atoms with Crippen molar-refractivity contribution in [2.24, 2.45) is 0 Å². The largest absolute Gasteiger partial charge is 0.481 e. The van der Waals surface area contributed by atoms with Gasteiger partial charge in [-0.25, -0.2) is 21.6 Å². The molecule has 31 heavy (non-hydrogen) atoms. The molecular weight excluding hydrogens is 464 g/mol. The molecule has 2 aromatic carbocycles. The molecule has 1 fully saturated rings. The van der Waals surface area contributed by atoms with Crippen molar-refractivity contribution in [3.8, 4) is 0 Å². The number of carboxylic acid groups (broad SMARTS) is 1. The molecular formula is C20H23ClN2O6S2. The average molecular weight is 487 g/mol. The summed E-state index contributed by atoms with van der Waals surface area (Å²) in [7, 11) is -7.79. The summed E-state index contributed by atoms with van der Waals surface area (Å²) in [4.78, 5) is 11.1. The van der Waals surface area contributed by atoms with Crippen molar-refractivity contribution in [1.82, 2.24) is 9.03 Å². The van der Waals surface area contributed by atoms with Crippen molar-refractivity contribution in [3.63, 3.8) is 0 Å². The van der Waals surface area contributed by atoms with Crippen molar-refractivity contribution >= 4 is 37.6 Å². The number of hydrogen-bond donors (Lipinski definition) is 2. The monoisotopic (exact) mass is 486 g/mol. The van der Waals surface area contributed by atoms with Crippen LogP contribution in [0.3, 0.4) is 0 Å². The van der Waals surface area contributed by atoms with Crippen LogP contribution >= 0.6 is 11.6 Å². The summed E-state index contributed by atoms with van der Waals surface area (Å²) >= 11 is 5.85. The lowest BCUT2D eigenvalue weighted by Gasteiger charge is -2.26. The highest BCUT2D eigenvalue weighted by molar-refractivity contribution is 7.89. The molecule has 0 amide bonds. The Balaban J connectivity index is 1.83. The van der Waals surface area contributed by atoms with Crippen LogP contribution < -0.4 is 4.72 Å². The van der Waals surface area contributed by atoms with E-state index in [2.05, 4.69) is 4.72 Å². The van der Waals surface area contributed by atoms with Gasteiger partial charge in [0.25, 0.3) is 0 Å². The van der Waals surface area contributed by atoms with Gasteiger partial charge in [-0.1, -0.05) is 30.2 Å². The molecule has 0 aliphatic carbocycles. The van der Waals surface area contributed by atoms with Crippen molar-refractivity contribution in [2.45, 2.75) is 41.5 Å². The van der Waals surface area contributed by atoms with Crippen LogP contribution in [0.2, 0.25) is 5.02 Å². The molecule has 2 aromatic rings. The number of aliphatic carboxylic acids is 1. The minimum Gasteiger partial charge on any atom is -0.481 e. The quantitative estimate of drug-likeness (QED) is 0.591. The Morgan fingerprint density at radius 2 is 1.48 bits per heavy atom. The minimum atomic E-state index is -4.11. The molecule has 11 heteroatoms. The molecule has 3 rings (SSSR count). The number of hydrogen-bond acceptors (Lipinski definition) is 5. The van der Waals surface area contributed by atoms with E-state index in [9.17, 15) is 26.7 Å². The summed E-state index contributed by atoms with van der Waals surface area (Å²) in [5, 5.41) is 9.62. The summed E-state index contributed by atoms with van der Waals surface area (Å²) in [5.74, 6) is -1.18. The first-order valence-corrected chi connectivity index (χ1v) is 13.0. The molecule has 0 radical (unpaired) electrons. The number of carbonyl (C=O) groups is 1. The van der Waals surface area contributed by atoms with Gasteiger partial charge in [0.05, 0.1) is 22.3 Å². The maximum atomic E-state index is 12.8. The zero-order chi connectivity index (χ0) is 22.6. The maximum absolute atomic E-state index is 12.8. The lowest BCUT2D eigenvalue weighted by molar-refractivity contribution is -0.137. The van der Waals surface area contributed by atoms with E-state index in [1.807, 2.05) is 0 Å². The van der Waals surface area contributed by atoms with Crippen LogP contribution in [0.1, 0.15) is 37.3 Å². The van der Waals surface area contributed by atoms with Crippen LogP contribution in [0.5, 0.6) is 0 Å². The smallest absolute Gasteiger partial charge is 0.305 e. The molecule has 8 nitrogen and oxygen atoms in total. The van der Waals surface area contributed by atoms with E-state index in [0.717, 1.165) is 19.3 Å². The number of carboxylic acids is 1. The van der Waals surface area contributed by atoms with Crippen LogP contribution in [0, 0.1) is 0 Å². The van der Waals surface area contributed by atoms with Crippen molar-refractivity contribution < 1.29 is 26.7 Å². The molecule has 0 spiro atoms. The van der Waals surface area contributed by atoms with Crippen molar-refractivity contribution in [2.75, 3.05) is 13.1 Å². The Bertz CT molecular complexity index is 1130. The van der Waals surface area contributed by atoms with Gasteiger partial charge in [0.1, 0.15) is 0 Å². The Morgan fingerprint density at radius 1 is 0.935 bits per heavy atom. The van der Waals surface area contributed by atoms with Gasteiger partial charge in [0.15, 0.2) is 0 Å². The number of nitrogens with zero attached hydrogens (tertiary/aromatic N) is 1. The summed E-state index contributed by atoms with van der Waals surface area (Å²) in [6.07, 6.45) is 2.11. The fourth-order valence-electron chi connectivity index (χ4n) is 3.40. The zero-order valence-electron chi connectivity index (χ0n) is 16.6.